The Labute approximate surface area is 159 Å². The van der Waals surface area contributed by atoms with Gasteiger partial charge in [0.2, 0.25) is 5.89 Å². The van der Waals surface area contributed by atoms with Crippen LogP contribution in [0.5, 0.6) is 0 Å². The number of aromatic nitrogens is 1. The molecule has 1 aliphatic rings. The molecule has 0 atom stereocenters. The minimum atomic E-state index is -0.682. The fourth-order valence-electron chi connectivity index (χ4n) is 3.06. The smallest absolute Gasteiger partial charge is 0.338 e. The molecule has 0 spiro atoms. The molecule has 0 amide bonds. The molecular formula is C19H17N3O6. The molecule has 3 aromatic rings. The maximum atomic E-state index is 12.3. The first kappa shape index (κ1) is 17.9. The highest BCUT2D eigenvalue weighted by atomic mass is 16.6. The molecule has 0 unspecified atom stereocenters. The number of morpholine rings is 1. The van der Waals surface area contributed by atoms with Gasteiger partial charge in [-0.3, -0.25) is 10.1 Å². The van der Waals surface area contributed by atoms with Gasteiger partial charge in [0.05, 0.1) is 23.7 Å². The highest BCUT2D eigenvalue weighted by Crippen LogP contribution is 2.30. The molecule has 0 bridgehead atoms. The van der Waals surface area contributed by atoms with Gasteiger partial charge in [0, 0.05) is 19.2 Å². The molecule has 0 saturated carbocycles. The van der Waals surface area contributed by atoms with Gasteiger partial charge < -0.3 is 18.8 Å². The van der Waals surface area contributed by atoms with Crippen LogP contribution in [0.4, 0.5) is 11.4 Å². The van der Waals surface area contributed by atoms with Gasteiger partial charge in [0.25, 0.3) is 5.69 Å². The Morgan fingerprint density at radius 3 is 2.75 bits per heavy atom. The van der Waals surface area contributed by atoms with Crippen molar-refractivity contribution in [2.24, 2.45) is 0 Å². The van der Waals surface area contributed by atoms with Crippen molar-refractivity contribution in [3.05, 3.63) is 64.0 Å². The van der Waals surface area contributed by atoms with Crippen LogP contribution < -0.4 is 4.90 Å². The zero-order valence-corrected chi connectivity index (χ0v) is 14.9. The molecule has 1 aromatic heterocycles. The standard InChI is InChI=1S/C19H17N3O6/c23-19(27-12-18-20-14-3-1-2-4-17(14)28-18)13-5-6-15(16(11-13)22(24)25)21-7-9-26-10-8-21/h1-6,11H,7-10,12H2. The van der Waals surface area contributed by atoms with E-state index in [2.05, 4.69) is 4.98 Å². The summed E-state index contributed by atoms with van der Waals surface area (Å²) in [5.41, 5.74) is 1.68. The maximum Gasteiger partial charge on any atom is 0.338 e. The third-order valence-corrected chi connectivity index (χ3v) is 4.42. The Morgan fingerprint density at radius 2 is 2.00 bits per heavy atom. The van der Waals surface area contributed by atoms with Gasteiger partial charge in [0.1, 0.15) is 11.2 Å². The van der Waals surface area contributed by atoms with Crippen molar-refractivity contribution in [1.29, 1.82) is 0 Å². The average molecular weight is 383 g/mol. The van der Waals surface area contributed by atoms with Crippen molar-refractivity contribution < 1.29 is 23.6 Å². The summed E-state index contributed by atoms with van der Waals surface area (Å²) in [5.74, 6) is -0.423. The quantitative estimate of drug-likeness (QED) is 0.376. The number of hydrogen-bond acceptors (Lipinski definition) is 8. The summed E-state index contributed by atoms with van der Waals surface area (Å²) in [5, 5.41) is 11.5. The number of fused-ring (bicyclic) bond motifs is 1. The Morgan fingerprint density at radius 1 is 1.21 bits per heavy atom. The van der Waals surface area contributed by atoms with E-state index in [1.54, 1.807) is 18.2 Å². The minimum Gasteiger partial charge on any atom is -0.452 e. The Balaban J connectivity index is 1.50. The lowest BCUT2D eigenvalue weighted by Crippen LogP contribution is -2.36. The zero-order chi connectivity index (χ0) is 19.5. The Kier molecular flexibility index (Phi) is 4.90. The number of nitrogens with zero attached hydrogens (tertiary/aromatic N) is 3. The van der Waals surface area contributed by atoms with E-state index in [0.29, 0.717) is 43.1 Å². The first-order valence-electron chi connectivity index (χ1n) is 8.74. The van der Waals surface area contributed by atoms with Gasteiger partial charge in [0.15, 0.2) is 12.2 Å². The molecule has 9 heteroatoms. The lowest BCUT2D eigenvalue weighted by molar-refractivity contribution is -0.384. The highest BCUT2D eigenvalue weighted by Gasteiger charge is 2.24. The maximum absolute atomic E-state index is 12.3. The van der Waals surface area contributed by atoms with Crippen LogP contribution in [0.3, 0.4) is 0 Å². The minimum absolute atomic E-state index is 0.0971. The van der Waals surface area contributed by atoms with Crippen molar-refractivity contribution >= 4 is 28.4 Å². The van der Waals surface area contributed by atoms with E-state index < -0.39 is 10.9 Å². The highest BCUT2D eigenvalue weighted by molar-refractivity contribution is 5.91. The predicted molar refractivity (Wildman–Crippen MR) is 99.3 cm³/mol. The molecule has 0 aliphatic carbocycles. The molecule has 1 fully saturated rings. The van der Waals surface area contributed by atoms with Crippen LogP contribution in [-0.4, -0.2) is 42.2 Å². The summed E-state index contributed by atoms with van der Waals surface area (Å²) in [6.45, 7) is 1.97. The largest absolute Gasteiger partial charge is 0.452 e. The molecule has 144 valence electrons. The topological polar surface area (TPSA) is 108 Å². The van der Waals surface area contributed by atoms with Crippen molar-refractivity contribution in [3.8, 4) is 0 Å². The van der Waals surface area contributed by atoms with Crippen LogP contribution in [0.25, 0.3) is 11.1 Å². The number of nitro groups is 1. The molecule has 2 heterocycles. The molecular weight excluding hydrogens is 366 g/mol. The van der Waals surface area contributed by atoms with Crippen LogP contribution in [-0.2, 0) is 16.1 Å². The fourth-order valence-corrected chi connectivity index (χ4v) is 3.06. The summed E-state index contributed by atoms with van der Waals surface area (Å²) in [6.07, 6.45) is 0. The van der Waals surface area contributed by atoms with Gasteiger partial charge in [-0.25, -0.2) is 9.78 Å². The summed E-state index contributed by atoms with van der Waals surface area (Å²) in [7, 11) is 0. The van der Waals surface area contributed by atoms with E-state index in [9.17, 15) is 14.9 Å². The van der Waals surface area contributed by atoms with Crippen LogP contribution in [0.2, 0.25) is 0 Å². The van der Waals surface area contributed by atoms with E-state index in [1.807, 2.05) is 17.0 Å². The number of rotatable bonds is 5. The number of hydrogen-bond donors (Lipinski definition) is 0. The third kappa shape index (κ3) is 3.65. The second-order valence-corrected chi connectivity index (χ2v) is 6.21. The van der Waals surface area contributed by atoms with Crippen molar-refractivity contribution in [1.82, 2.24) is 4.98 Å². The van der Waals surface area contributed by atoms with Crippen LogP contribution >= 0.6 is 0 Å². The number of anilines is 1. The van der Waals surface area contributed by atoms with Crippen molar-refractivity contribution in [3.63, 3.8) is 0 Å². The first-order chi connectivity index (χ1) is 13.6. The first-order valence-corrected chi connectivity index (χ1v) is 8.74. The average Bonchev–Trinajstić information content (AvgIpc) is 3.15. The Bertz CT molecular complexity index is 992. The monoisotopic (exact) mass is 383 g/mol. The number of carbonyl (C=O) groups excluding carboxylic acids is 1. The second kappa shape index (κ2) is 7.65. The number of oxazole rings is 1. The molecule has 9 nitrogen and oxygen atoms in total. The van der Waals surface area contributed by atoms with Crippen molar-refractivity contribution in [2.45, 2.75) is 6.61 Å². The van der Waals surface area contributed by atoms with Crippen LogP contribution in [0.1, 0.15) is 16.2 Å². The van der Waals surface area contributed by atoms with E-state index in [-0.39, 0.29) is 23.7 Å². The summed E-state index contributed by atoms with van der Waals surface area (Å²) in [4.78, 5) is 29.4. The molecule has 28 heavy (non-hydrogen) atoms. The van der Waals surface area contributed by atoms with Crippen molar-refractivity contribution in [2.75, 3.05) is 31.2 Å². The molecule has 2 aromatic carbocycles. The number of para-hydroxylation sites is 2. The van der Waals surface area contributed by atoms with E-state index in [4.69, 9.17) is 13.9 Å². The number of ether oxygens (including phenoxy) is 2. The molecule has 4 rings (SSSR count). The predicted octanol–water partition coefficient (Wildman–Crippen LogP) is 2.93. The van der Waals surface area contributed by atoms with E-state index in [1.165, 1.54) is 12.1 Å². The molecule has 0 N–H and O–H groups in total. The number of carbonyl (C=O) groups is 1. The molecule has 0 radical (unpaired) electrons. The van der Waals surface area contributed by atoms with Gasteiger partial charge >= 0.3 is 5.97 Å². The van der Waals surface area contributed by atoms with E-state index in [0.717, 1.165) is 0 Å². The fraction of sp³-hybridized carbons (Fsp3) is 0.263. The molecule has 1 saturated heterocycles. The number of esters is 1. The molecule has 1 aliphatic heterocycles. The zero-order valence-electron chi connectivity index (χ0n) is 14.9. The summed E-state index contributed by atoms with van der Waals surface area (Å²) in [6, 6.07) is 11.5. The van der Waals surface area contributed by atoms with Gasteiger partial charge in [-0.15, -0.1) is 0 Å². The number of benzene rings is 2. The normalized spacial score (nSPS) is 14.2. The summed E-state index contributed by atoms with van der Waals surface area (Å²) >= 11 is 0. The SMILES string of the molecule is O=C(OCc1nc2ccccc2o1)c1ccc(N2CCOCC2)c([N+](=O)[O-])c1. The third-order valence-electron chi connectivity index (χ3n) is 4.42. The second-order valence-electron chi connectivity index (χ2n) is 6.21. The number of nitro benzene ring substituents is 1. The van der Waals surface area contributed by atoms with E-state index >= 15 is 0 Å². The van der Waals surface area contributed by atoms with Gasteiger partial charge in [-0.2, -0.15) is 0 Å². The van der Waals surface area contributed by atoms with Gasteiger partial charge in [-0.05, 0) is 24.3 Å². The summed E-state index contributed by atoms with van der Waals surface area (Å²) < 4.78 is 16.0. The lowest BCUT2D eigenvalue weighted by Gasteiger charge is -2.28. The Hall–Kier alpha value is -3.46. The van der Waals surface area contributed by atoms with Crippen LogP contribution in [0, 0.1) is 10.1 Å². The lowest BCUT2D eigenvalue weighted by atomic mass is 10.1. The van der Waals surface area contributed by atoms with Crippen LogP contribution in [0.15, 0.2) is 46.9 Å². The van der Waals surface area contributed by atoms with Gasteiger partial charge in [-0.1, -0.05) is 12.1 Å².